The van der Waals surface area contributed by atoms with Crippen LogP contribution in [-0.2, 0) is 4.79 Å². The Hall–Kier alpha value is -1.39. The van der Waals surface area contributed by atoms with Crippen molar-refractivity contribution < 1.29 is 4.79 Å². The highest BCUT2D eigenvalue weighted by molar-refractivity contribution is 5.76. The fourth-order valence-corrected chi connectivity index (χ4v) is 3.00. The first-order valence-corrected chi connectivity index (χ1v) is 7.84. The van der Waals surface area contributed by atoms with Crippen molar-refractivity contribution in [1.82, 2.24) is 10.2 Å². The maximum Gasteiger partial charge on any atom is 0.220 e. The van der Waals surface area contributed by atoms with E-state index in [2.05, 4.69) is 24.2 Å². The Morgan fingerprint density at radius 3 is 2.81 bits per heavy atom. The van der Waals surface area contributed by atoms with E-state index in [9.17, 15) is 4.79 Å². The lowest BCUT2D eigenvalue weighted by molar-refractivity contribution is -0.122. The predicted molar refractivity (Wildman–Crippen MR) is 85.8 cm³/mol. The number of hydrogen-bond donors (Lipinski definition) is 2. The minimum atomic E-state index is -0.0631. The van der Waals surface area contributed by atoms with E-state index in [1.165, 1.54) is 0 Å². The largest absolute Gasteiger partial charge is 0.353 e. The molecular formula is C17H27N3O. The summed E-state index contributed by atoms with van der Waals surface area (Å²) < 4.78 is 0. The van der Waals surface area contributed by atoms with Gasteiger partial charge in [0.25, 0.3) is 0 Å². The van der Waals surface area contributed by atoms with E-state index >= 15 is 0 Å². The summed E-state index contributed by atoms with van der Waals surface area (Å²) in [5.41, 5.74) is 7.23. The number of carbonyl (C=O) groups excluding carboxylic acids is 1. The second-order valence-electron chi connectivity index (χ2n) is 6.26. The number of nitrogens with two attached hydrogens (primary N) is 1. The number of hydrogen-bond acceptors (Lipinski definition) is 3. The number of benzene rings is 1. The summed E-state index contributed by atoms with van der Waals surface area (Å²) >= 11 is 0. The summed E-state index contributed by atoms with van der Waals surface area (Å²) in [5, 5.41) is 3.17. The number of rotatable bonds is 5. The molecule has 1 saturated heterocycles. The third kappa shape index (κ3) is 4.83. The first-order chi connectivity index (χ1) is 10.1. The first-order valence-electron chi connectivity index (χ1n) is 7.84. The molecule has 3 atom stereocenters. The Kier molecular flexibility index (Phi) is 5.76. The van der Waals surface area contributed by atoms with Crippen LogP contribution in [0.1, 0.15) is 37.8 Å². The second kappa shape index (κ2) is 7.57. The van der Waals surface area contributed by atoms with Gasteiger partial charge in [-0.3, -0.25) is 4.79 Å². The lowest BCUT2D eigenvalue weighted by Crippen LogP contribution is -2.48. The van der Waals surface area contributed by atoms with Gasteiger partial charge in [0.05, 0.1) is 0 Å². The van der Waals surface area contributed by atoms with Crippen molar-refractivity contribution in [3.63, 3.8) is 0 Å². The Labute approximate surface area is 127 Å². The summed E-state index contributed by atoms with van der Waals surface area (Å²) in [7, 11) is 2.13. The van der Waals surface area contributed by atoms with Crippen LogP contribution < -0.4 is 11.1 Å². The van der Waals surface area contributed by atoms with Gasteiger partial charge in [-0.1, -0.05) is 37.3 Å². The van der Waals surface area contributed by atoms with Crippen molar-refractivity contribution in [2.24, 2.45) is 11.7 Å². The molecule has 1 fully saturated rings. The number of nitrogens with zero attached hydrogens (tertiary/aromatic N) is 1. The average Bonchev–Trinajstić information content (AvgIpc) is 2.48. The van der Waals surface area contributed by atoms with E-state index in [0.29, 0.717) is 24.8 Å². The van der Waals surface area contributed by atoms with E-state index in [-0.39, 0.29) is 11.9 Å². The normalized spacial score (nSPS) is 24.5. The fourth-order valence-electron chi connectivity index (χ4n) is 3.00. The van der Waals surface area contributed by atoms with E-state index in [4.69, 9.17) is 5.73 Å². The minimum absolute atomic E-state index is 0.0631. The zero-order valence-electron chi connectivity index (χ0n) is 13.1. The number of amides is 1. The second-order valence-corrected chi connectivity index (χ2v) is 6.26. The van der Waals surface area contributed by atoms with Crippen LogP contribution >= 0.6 is 0 Å². The van der Waals surface area contributed by atoms with Crippen molar-refractivity contribution in [2.75, 3.05) is 20.1 Å². The molecule has 1 aliphatic heterocycles. The van der Waals surface area contributed by atoms with Crippen molar-refractivity contribution in [3.8, 4) is 0 Å². The van der Waals surface area contributed by atoms with E-state index in [1.807, 2.05) is 30.3 Å². The monoisotopic (exact) mass is 289 g/mol. The fraction of sp³-hybridized carbons (Fsp3) is 0.588. The zero-order chi connectivity index (χ0) is 15.2. The van der Waals surface area contributed by atoms with Gasteiger partial charge in [0.15, 0.2) is 0 Å². The molecule has 1 amide bonds. The van der Waals surface area contributed by atoms with Gasteiger partial charge >= 0.3 is 0 Å². The van der Waals surface area contributed by atoms with Crippen LogP contribution in [0.15, 0.2) is 30.3 Å². The molecule has 21 heavy (non-hydrogen) atoms. The van der Waals surface area contributed by atoms with Gasteiger partial charge < -0.3 is 16.0 Å². The molecule has 2 rings (SSSR count). The van der Waals surface area contributed by atoms with Crippen LogP contribution in [0, 0.1) is 5.92 Å². The SMILES string of the molecule is CC1CN(C)CCC1NC(=O)CCC(N)c1ccccc1. The van der Waals surface area contributed by atoms with Crippen LogP contribution in [0.4, 0.5) is 0 Å². The lowest BCUT2D eigenvalue weighted by Gasteiger charge is -2.35. The molecule has 116 valence electrons. The number of likely N-dealkylation sites (tertiary alicyclic amines) is 1. The third-order valence-corrected chi connectivity index (χ3v) is 4.36. The molecule has 4 nitrogen and oxygen atoms in total. The Morgan fingerprint density at radius 2 is 2.14 bits per heavy atom. The highest BCUT2D eigenvalue weighted by Gasteiger charge is 2.25. The quantitative estimate of drug-likeness (QED) is 0.870. The van der Waals surface area contributed by atoms with Gasteiger partial charge in [-0.25, -0.2) is 0 Å². The molecule has 0 saturated carbocycles. The van der Waals surface area contributed by atoms with Crippen LogP contribution in [-0.4, -0.2) is 37.0 Å². The van der Waals surface area contributed by atoms with E-state index in [1.54, 1.807) is 0 Å². The minimum Gasteiger partial charge on any atom is -0.353 e. The first kappa shape index (κ1) is 16.0. The molecule has 0 aromatic heterocycles. The van der Waals surface area contributed by atoms with Crippen molar-refractivity contribution >= 4 is 5.91 Å². The summed E-state index contributed by atoms with van der Waals surface area (Å²) in [6.45, 7) is 4.31. The Morgan fingerprint density at radius 1 is 1.43 bits per heavy atom. The van der Waals surface area contributed by atoms with Gasteiger partial charge in [-0.05, 0) is 37.9 Å². The molecule has 0 aliphatic carbocycles. The molecule has 3 N–H and O–H groups in total. The molecule has 1 aromatic carbocycles. The summed E-state index contributed by atoms with van der Waals surface area (Å²) in [5.74, 6) is 0.637. The van der Waals surface area contributed by atoms with Gasteiger partial charge in [-0.2, -0.15) is 0 Å². The third-order valence-electron chi connectivity index (χ3n) is 4.36. The number of piperidine rings is 1. The summed E-state index contributed by atoms with van der Waals surface area (Å²) in [6.07, 6.45) is 2.22. The Bertz CT molecular complexity index is 449. The molecular weight excluding hydrogens is 262 g/mol. The average molecular weight is 289 g/mol. The van der Waals surface area contributed by atoms with Crippen LogP contribution in [0.25, 0.3) is 0 Å². The standard InChI is InChI=1S/C17H27N3O/c1-13-12-20(2)11-10-16(13)19-17(21)9-8-15(18)14-6-4-3-5-7-14/h3-7,13,15-16H,8-12,18H2,1-2H3,(H,19,21). The van der Waals surface area contributed by atoms with Crippen molar-refractivity contribution in [2.45, 2.75) is 38.3 Å². The van der Waals surface area contributed by atoms with Crippen LogP contribution in [0.2, 0.25) is 0 Å². The van der Waals surface area contributed by atoms with Gasteiger partial charge in [0.1, 0.15) is 0 Å². The van der Waals surface area contributed by atoms with E-state index in [0.717, 1.165) is 25.1 Å². The Balaban J connectivity index is 1.75. The summed E-state index contributed by atoms with van der Waals surface area (Å²) in [6, 6.07) is 10.2. The molecule has 3 unspecified atom stereocenters. The van der Waals surface area contributed by atoms with Gasteiger partial charge in [0, 0.05) is 25.0 Å². The zero-order valence-corrected chi connectivity index (χ0v) is 13.1. The van der Waals surface area contributed by atoms with Gasteiger partial charge in [-0.15, -0.1) is 0 Å². The van der Waals surface area contributed by atoms with Crippen LogP contribution in [0.5, 0.6) is 0 Å². The van der Waals surface area contributed by atoms with Gasteiger partial charge in [0.2, 0.25) is 5.91 Å². The smallest absolute Gasteiger partial charge is 0.220 e. The maximum atomic E-state index is 12.1. The number of carbonyl (C=O) groups is 1. The van der Waals surface area contributed by atoms with Crippen molar-refractivity contribution in [3.05, 3.63) is 35.9 Å². The molecule has 0 radical (unpaired) electrons. The molecule has 4 heteroatoms. The molecule has 0 spiro atoms. The lowest BCUT2D eigenvalue weighted by atomic mass is 9.94. The van der Waals surface area contributed by atoms with Crippen LogP contribution in [0.3, 0.4) is 0 Å². The highest BCUT2D eigenvalue weighted by Crippen LogP contribution is 2.17. The van der Waals surface area contributed by atoms with E-state index < -0.39 is 0 Å². The topological polar surface area (TPSA) is 58.4 Å². The molecule has 1 aliphatic rings. The molecule has 0 bridgehead atoms. The molecule has 1 heterocycles. The highest BCUT2D eigenvalue weighted by atomic mass is 16.1. The maximum absolute atomic E-state index is 12.1. The summed E-state index contributed by atoms with van der Waals surface area (Å²) in [4.78, 5) is 14.4. The van der Waals surface area contributed by atoms with Crippen molar-refractivity contribution in [1.29, 1.82) is 0 Å². The molecule has 1 aromatic rings. The number of nitrogens with one attached hydrogen (secondary N) is 1. The predicted octanol–water partition coefficient (Wildman–Crippen LogP) is 1.92.